The van der Waals surface area contributed by atoms with Crippen LogP contribution >= 0.6 is 15.9 Å². The van der Waals surface area contributed by atoms with Gasteiger partial charge in [-0.25, -0.2) is 0 Å². The maximum absolute atomic E-state index is 11.4. The van der Waals surface area contributed by atoms with E-state index in [1.165, 1.54) is 0 Å². The van der Waals surface area contributed by atoms with Gasteiger partial charge in [0.15, 0.2) is 0 Å². The van der Waals surface area contributed by atoms with E-state index >= 15 is 0 Å². The van der Waals surface area contributed by atoms with Gasteiger partial charge in [-0.3, -0.25) is 4.79 Å². The van der Waals surface area contributed by atoms with E-state index in [4.69, 9.17) is 11.0 Å². The topological polar surface area (TPSA) is 70.1 Å². The number of anilines is 1. The molecule has 1 amide bonds. The normalized spacial score (nSPS) is 19.7. The smallest absolute Gasteiger partial charge is 0.245 e. The fraction of sp³-hybridized carbons (Fsp3) is 0.200. The highest BCUT2D eigenvalue weighted by molar-refractivity contribution is 9.10. The number of halogens is 1. The number of carbonyl (C=O) groups excluding carboxylic acids is 1. The van der Waals surface area contributed by atoms with E-state index in [0.29, 0.717) is 12.1 Å². The molecule has 2 N–H and O–H groups in total. The lowest BCUT2D eigenvalue weighted by molar-refractivity contribution is -0.123. The summed E-state index contributed by atoms with van der Waals surface area (Å²) >= 11 is 3.32. The number of nitrogens with two attached hydrogens (primary N) is 1. The van der Waals surface area contributed by atoms with Crippen molar-refractivity contribution in [2.75, 3.05) is 11.4 Å². The summed E-state index contributed by atoms with van der Waals surface area (Å²) in [5, 5.41) is 8.69. The number of rotatable bonds is 1. The molecule has 4 nitrogen and oxygen atoms in total. The van der Waals surface area contributed by atoms with Gasteiger partial charge in [0, 0.05) is 4.47 Å². The molecular formula is C10H8BrN3O. The number of benzene rings is 1. The molecule has 1 aromatic carbocycles. The third kappa shape index (κ3) is 1.62. The van der Waals surface area contributed by atoms with Gasteiger partial charge in [0.2, 0.25) is 5.91 Å². The molecule has 5 heteroatoms. The van der Waals surface area contributed by atoms with Gasteiger partial charge in [0.25, 0.3) is 0 Å². The van der Waals surface area contributed by atoms with Crippen molar-refractivity contribution in [3.05, 3.63) is 28.2 Å². The molecule has 1 saturated heterocycles. The molecule has 0 radical (unpaired) electrons. The predicted octanol–water partition coefficient (Wildman–Crippen LogP) is 0.995. The van der Waals surface area contributed by atoms with Crippen LogP contribution < -0.4 is 10.6 Å². The van der Waals surface area contributed by atoms with Gasteiger partial charge in [-0.1, -0.05) is 0 Å². The zero-order chi connectivity index (χ0) is 11.0. The minimum absolute atomic E-state index is 0.0830. The number of amides is 1. The molecule has 0 saturated carbocycles. The second-order valence-corrected chi connectivity index (χ2v) is 4.19. The maximum atomic E-state index is 11.4. The Hall–Kier alpha value is -1.38. The van der Waals surface area contributed by atoms with Crippen LogP contribution in [0.4, 0.5) is 5.69 Å². The highest BCUT2D eigenvalue weighted by Gasteiger charge is 2.35. The van der Waals surface area contributed by atoms with E-state index in [1.54, 1.807) is 23.1 Å². The summed E-state index contributed by atoms with van der Waals surface area (Å²) in [6.07, 6.45) is 0. The Bertz CT molecular complexity index is 466. The average Bonchev–Trinajstić information content (AvgIpc) is 2.26. The van der Waals surface area contributed by atoms with Gasteiger partial charge < -0.3 is 10.6 Å². The Morgan fingerprint density at radius 1 is 1.60 bits per heavy atom. The first kappa shape index (κ1) is 10.1. The molecular weight excluding hydrogens is 258 g/mol. The first-order valence-corrected chi connectivity index (χ1v) is 5.19. The van der Waals surface area contributed by atoms with Gasteiger partial charge in [-0.2, -0.15) is 5.26 Å². The van der Waals surface area contributed by atoms with Crippen molar-refractivity contribution >= 4 is 27.5 Å². The van der Waals surface area contributed by atoms with Crippen LogP contribution in [0.5, 0.6) is 0 Å². The average molecular weight is 266 g/mol. The van der Waals surface area contributed by atoms with Crippen LogP contribution in [0.25, 0.3) is 0 Å². The molecule has 0 aliphatic carbocycles. The Labute approximate surface area is 95.4 Å². The van der Waals surface area contributed by atoms with Gasteiger partial charge in [-0.15, -0.1) is 0 Å². The lowest BCUT2D eigenvalue weighted by Gasteiger charge is -2.36. The van der Waals surface area contributed by atoms with Crippen molar-refractivity contribution < 1.29 is 4.79 Å². The third-order valence-corrected chi connectivity index (χ3v) is 2.97. The number of nitrogens with zero attached hydrogens (tertiary/aromatic N) is 2. The molecule has 76 valence electrons. The van der Waals surface area contributed by atoms with E-state index < -0.39 is 0 Å². The molecule has 1 atom stereocenters. The molecule has 1 fully saturated rings. The summed E-state index contributed by atoms with van der Waals surface area (Å²) in [6.45, 7) is 0.531. The fourth-order valence-electron chi connectivity index (χ4n) is 1.46. The Balaban J connectivity index is 2.31. The summed E-state index contributed by atoms with van der Waals surface area (Å²) in [7, 11) is 0. The van der Waals surface area contributed by atoms with Gasteiger partial charge >= 0.3 is 0 Å². The van der Waals surface area contributed by atoms with Crippen molar-refractivity contribution in [3.8, 4) is 6.07 Å². The van der Waals surface area contributed by atoms with Crippen molar-refractivity contribution in [1.29, 1.82) is 5.26 Å². The minimum Gasteiger partial charge on any atom is -0.318 e. The number of hydrogen-bond donors (Lipinski definition) is 1. The zero-order valence-electron chi connectivity index (χ0n) is 7.77. The lowest BCUT2D eigenvalue weighted by atomic mass is 10.1. The quantitative estimate of drug-likeness (QED) is 0.771. The van der Waals surface area contributed by atoms with Crippen LogP contribution in [-0.2, 0) is 4.79 Å². The maximum Gasteiger partial charge on any atom is 0.245 e. The standard InChI is InChI=1S/C10H8BrN3O/c11-7-3-6(4-12)1-2-9(7)14-5-8(13)10(14)15/h1-3,8H,5,13H2. The van der Waals surface area contributed by atoms with E-state index in [9.17, 15) is 4.79 Å². The van der Waals surface area contributed by atoms with E-state index in [1.807, 2.05) is 6.07 Å². The molecule has 0 spiro atoms. The fourth-order valence-corrected chi connectivity index (χ4v) is 2.06. The summed E-state index contributed by atoms with van der Waals surface area (Å²) < 4.78 is 0.738. The van der Waals surface area contributed by atoms with Crippen LogP contribution in [0, 0.1) is 11.3 Å². The van der Waals surface area contributed by atoms with Crippen LogP contribution in [-0.4, -0.2) is 18.5 Å². The summed E-state index contributed by atoms with van der Waals surface area (Å²) in [4.78, 5) is 13.0. The van der Waals surface area contributed by atoms with Crippen LogP contribution in [0.2, 0.25) is 0 Å². The zero-order valence-corrected chi connectivity index (χ0v) is 9.36. The van der Waals surface area contributed by atoms with Crippen molar-refractivity contribution in [2.24, 2.45) is 5.73 Å². The molecule has 1 aromatic rings. The van der Waals surface area contributed by atoms with Crippen LogP contribution in [0.1, 0.15) is 5.56 Å². The SMILES string of the molecule is N#Cc1ccc(N2CC(N)C2=O)c(Br)c1. The monoisotopic (exact) mass is 265 g/mol. The molecule has 1 unspecified atom stereocenters. The lowest BCUT2D eigenvalue weighted by Crippen LogP contribution is -2.61. The van der Waals surface area contributed by atoms with Gasteiger partial charge in [-0.05, 0) is 34.1 Å². The van der Waals surface area contributed by atoms with Gasteiger partial charge in [0.05, 0.1) is 23.9 Å². The summed E-state index contributed by atoms with van der Waals surface area (Å²) in [5.74, 6) is -0.0830. The molecule has 1 aliphatic rings. The van der Waals surface area contributed by atoms with Crippen molar-refractivity contribution in [1.82, 2.24) is 0 Å². The molecule has 2 rings (SSSR count). The van der Waals surface area contributed by atoms with Crippen molar-refractivity contribution in [2.45, 2.75) is 6.04 Å². The Kier molecular flexibility index (Phi) is 2.47. The third-order valence-electron chi connectivity index (χ3n) is 2.33. The highest BCUT2D eigenvalue weighted by atomic mass is 79.9. The number of β-lactam (4-membered cyclic amide) rings is 1. The molecule has 0 aromatic heterocycles. The first-order valence-electron chi connectivity index (χ1n) is 4.40. The summed E-state index contributed by atoms with van der Waals surface area (Å²) in [5.41, 5.74) is 6.82. The highest BCUT2D eigenvalue weighted by Crippen LogP contribution is 2.30. The van der Waals surface area contributed by atoms with Gasteiger partial charge in [0.1, 0.15) is 6.04 Å². The Morgan fingerprint density at radius 3 is 2.80 bits per heavy atom. The summed E-state index contributed by atoms with van der Waals surface area (Å²) in [6, 6.07) is 6.76. The van der Waals surface area contributed by atoms with E-state index in [2.05, 4.69) is 15.9 Å². The first-order chi connectivity index (χ1) is 7.13. The molecule has 15 heavy (non-hydrogen) atoms. The number of carbonyl (C=O) groups is 1. The number of nitriles is 1. The number of hydrogen-bond acceptors (Lipinski definition) is 3. The minimum atomic E-state index is -0.382. The van der Waals surface area contributed by atoms with Crippen LogP contribution in [0.3, 0.4) is 0 Å². The van der Waals surface area contributed by atoms with Crippen molar-refractivity contribution in [3.63, 3.8) is 0 Å². The van der Waals surface area contributed by atoms with Crippen LogP contribution in [0.15, 0.2) is 22.7 Å². The molecule has 1 heterocycles. The van der Waals surface area contributed by atoms with E-state index in [-0.39, 0.29) is 11.9 Å². The second-order valence-electron chi connectivity index (χ2n) is 3.33. The predicted molar refractivity (Wildman–Crippen MR) is 59.2 cm³/mol. The molecule has 0 bridgehead atoms. The molecule has 1 aliphatic heterocycles. The second kappa shape index (κ2) is 3.65. The van der Waals surface area contributed by atoms with E-state index in [0.717, 1.165) is 10.2 Å². The Morgan fingerprint density at radius 2 is 2.33 bits per heavy atom. The largest absolute Gasteiger partial charge is 0.318 e.